The van der Waals surface area contributed by atoms with Crippen molar-refractivity contribution in [3.8, 4) is 0 Å². The summed E-state index contributed by atoms with van der Waals surface area (Å²) < 4.78 is 37.8. The van der Waals surface area contributed by atoms with Gasteiger partial charge in [0.1, 0.15) is 10.7 Å². The van der Waals surface area contributed by atoms with Gasteiger partial charge in [-0.1, -0.05) is 0 Å². The van der Waals surface area contributed by atoms with Gasteiger partial charge in [0.15, 0.2) is 0 Å². The summed E-state index contributed by atoms with van der Waals surface area (Å²) in [5, 5.41) is 0.631. The number of halogens is 3. The molecule has 0 aliphatic heterocycles. The lowest BCUT2D eigenvalue weighted by atomic mass is 9.92. The summed E-state index contributed by atoms with van der Waals surface area (Å²) in [6.07, 6.45) is -3.13. The molecule has 2 atom stereocenters. The Morgan fingerprint density at radius 3 is 2.73 bits per heavy atom. The number of alkyl halides is 3. The second-order valence-electron chi connectivity index (χ2n) is 6.00. The van der Waals surface area contributed by atoms with Crippen LogP contribution in [0.5, 0.6) is 0 Å². The summed E-state index contributed by atoms with van der Waals surface area (Å²) in [6, 6.07) is 1.53. The summed E-state index contributed by atoms with van der Waals surface area (Å²) in [7, 11) is 0. The number of fused-ring (bicyclic) bond motifs is 1. The van der Waals surface area contributed by atoms with E-state index in [1.165, 1.54) is 6.07 Å². The first-order valence-corrected chi connectivity index (χ1v) is 7.87. The van der Waals surface area contributed by atoms with Gasteiger partial charge in [-0.2, -0.15) is 13.2 Å². The third-order valence-corrected chi connectivity index (χ3v) is 5.02. The fourth-order valence-corrected chi connectivity index (χ4v) is 4.18. The van der Waals surface area contributed by atoms with E-state index in [4.69, 9.17) is 11.5 Å². The SMILES string of the molecule is Cc1nc(C2(N)CCC(N)C2)c2cc(CC(F)(F)F)sc2n1. The van der Waals surface area contributed by atoms with E-state index in [1.54, 1.807) is 6.92 Å². The van der Waals surface area contributed by atoms with Crippen LogP contribution < -0.4 is 11.5 Å². The molecular weight excluding hydrogens is 313 g/mol. The Bertz CT molecular complexity index is 712. The Labute approximate surface area is 129 Å². The van der Waals surface area contributed by atoms with Crippen LogP contribution in [-0.4, -0.2) is 22.2 Å². The molecule has 3 rings (SSSR count). The molecule has 120 valence electrons. The van der Waals surface area contributed by atoms with Crippen molar-refractivity contribution in [1.82, 2.24) is 9.97 Å². The number of hydrogen-bond acceptors (Lipinski definition) is 5. The van der Waals surface area contributed by atoms with Gasteiger partial charge < -0.3 is 11.5 Å². The van der Waals surface area contributed by atoms with Crippen LogP contribution in [-0.2, 0) is 12.0 Å². The molecule has 2 heterocycles. The zero-order valence-corrected chi connectivity index (χ0v) is 12.9. The largest absolute Gasteiger partial charge is 0.393 e. The molecule has 8 heteroatoms. The van der Waals surface area contributed by atoms with Crippen LogP contribution in [0.4, 0.5) is 13.2 Å². The molecule has 0 aromatic carbocycles. The number of aromatic nitrogens is 2. The number of hydrogen-bond donors (Lipinski definition) is 2. The number of nitrogens with zero attached hydrogens (tertiary/aromatic N) is 2. The molecule has 1 fully saturated rings. The molecule has 0 saturated heterocycles. The molecule has 1 aliphatic rings. The maximum absolute atomic E-state index is 12.6. The van der Waals surface area contributed by atoms with Gasteiger partial charge in [0.05, 0.1) is 17.7 Å². The lowest BCUT2D eigenvalue weighted by Gasteiger charge is -2.24. The molecule has 0 radical (unpaired) electrons. The molecule has 2 aromatic rings. The molecule has 2 aromatic heterocycles. The van der Waals surface area contributed by atoms with Crippen molar-refractivity contribution in [2.24, 2.45) is 11.5 Å². The lowest BCUT2D eigenvalue weighted by Crippen LogP contribution is -2.36. The van der Waals surface area contributed by atoms with Crippen molar-refractivity contribution < 1.29 is 13.2 Å². The molecule has 0 spiro atoms. The van der Waals surface area contributed by atoms with E-state index in [2.05, 4.69) is 9.97 Å². The number of aryl methyl sites for hydroxylation is 1. The highest BCUT2D eigenvalue weighted by molar-refractivity contribution is 7.18. The van der Waals surface area contributed by atoms with Gasteiger partial charge in [-0.3, -0.25) is 0 Å². The van der Waals surface area contributed by atoms with Gasteiger partial charge in [0.2, 0.25) is 0 Å². The number of nitrogens with two attached hydrogens (primary N) is 2. The van der Waals surface area contributed by atoms with Gasteiger partial charge in [-0.25, -0.2) is 9.97 Å². The number of rotatable bonds is 2. The summed E-state index contributed by atoms with van der Waals surface area (Å²) >= 11 is 1.05. The van der Waals surface area contributed by atoms with Gasteiger partial charge in [-0.15, -0.1) is 11.3 Å². The monoisotopic (exact) mass is 330 g/mol. The Morgan fingerprint density at radius 1 is 1.41 bits per heavy atom. The molecule has 0 amide bonds. The predicted octanol–water partition coefficient (Wildman–Crippen LogP) is 2.77. The summed E-state index contributed by atoms with van der Waals surface area (Å²) in [5.74, 6) is 0.521. The van der Waals surface area contributed by atoms with Gasteiger partial charge in [0, 0.05) is 16.3 Å². The molecule has 4 nitrogen and oxygen atoms in total. The van der Waals surface area contributed by atoms with Crippen LogP contribution in [0.2, 0.25) is 0 Å². The summed E-state index contributed by atoms with van der Waals surface area (Å²) in [5.41, 5.74) is 12.4. The average molecular weight is 330 g/mol. The molecule has 4 N–H and O–H groups in total. The van der Waals surface area contributed by atoms with E-state index in [9.17, 15) is 13.2 Å². The Morgan fingerprint density at radius 2 is 2.14 bits per heavy atom. The molecule has 1 saturated carbocycles. The smallest absolute Gasteiger partial charge is 0.328 e. The van der Waals surface area contributed by atoms with Crippen molar-refractivity contribution in [1.29, 1.82) is 0 Å². The van der Waals surface area contributed by atoms with Gasteiger partial charge >= 0.3 is 6.18 Å². The van der Waals surface area contributed by atoms with Crippen LogP contribution in [0.25, 0.3) is 10.2 Å². The maximum atomic E-state index is 12.6. The third kappa shape index (κ3) is 2.95. The van der Waals surface area contributed by atoms with E-state index < -0.39 is 18.1 Å². The highest BCUT2D eigenvalue weighted by Gasteiger charge is 2.39. The van der Waals surface area contributed by atoms with Crippen LogP contribution in [0, 0.1) is 6.92 Å². The Hall–Kier alpha value is -1.25. The van der Waals surface area contributed by atoms with Crippen molar-refractivity contribution in [2.75, 3.05) is 0 Å². The minimum absolute atomic E-state index is 0.00334. The molecule has 1 aliphatic carbocycles. The fourth-order valence-electron chi connectivity index (χ4n) is 3.07. The van der Waals surface area contributed by atoms with Crippen LogP contribution in [0.15, 0.2) is 6.07 Å². The first kappa shape index (κ1) is 15.6. The Kier molecular flexibility index (Phi) is 3.65. The fraction of sp³-hybridized carbons (Fsp3) is 0.571. The molecular formula is C14H17F3N4S. The third-order valence-electron chi connectivity index (χ3n) is 3.99. The standard InChI is InChI=1S/C14H17F3N4S/c1-7-20-11(13(19)3-2-8(18)5-13)10-4-9(6-14(15,16)17)22-12(10)21-7/h4,8H,2-3,5-6,18-19H2,1H3. The zero-order valence-electron chi connectivity index (χ0n) is 12.1. The predicted molar refractivity (Wildman–Crippen MR) is 79.6 cm³/mol. The minimum atomic E-state index is -4.24. The quantitative estimate of drug-likeness (QED) is 0.887. The van der Waals surface area contributed by atoms with Crippen LogP contribution >= 0.6 is 11.3 Å². The highest BCUT2D eigenvalue weighted by atomic mass is 32.1. The average Bonchev–Trinajstić information content (AvgIpc) is 2.90. The topological polar surface area (TPSA) is 77.8 Å². The molecule has 22 heavy (non-hydrogen) atoms. The second-order valence-corrected chi connectivity index (χ2v) is 7.12. The number of thiophene rings is 1. The van der Waals surface area contributed by atoms with Gasteiger partial charge in [-0.05, 0) is 32.3 Å². The first-order valence-electron chi connectivity index (χ1n) is 7.05. The summed E-state index contributed by atoms with van der Waals surface area (Å²) in [6.45, 7) is 1.73. The molecule has 0 bridgehead atoms. The van der Waals surface area contributed by atoms with E-state index in [0.29, 0.717) is 34.6 Å². The van der Waals surface area contributed by atoms with E-state index in [1.807, 2.05) is 0 Å². The van der Waals surface area contributed by atoms with Crippen LogP contribution in [0.1, 0.15) is 35.7 Å². The normalized spacial score (nSPS) is 26.0. The van der Waals surface area contributed by atoms with Crippen molar-refractivity contribution in [3.05, 3.63) is 22.5 Å². The zero-order chi connectivity index (χ0) is 16.1. The van der Waals surface area contributed by atoms with E-state index in [-0.39, 0.29) is 10.9 Å². The lowest BCUT2D eigenvalue weighted by molar-refractivity contribution is -0.126. The minimum Gasteiger partial charge on any atom is -0.328 e. The van der Waals surface area contributed by atoms with E-state index in [0.717, 1.165) is 17.8 Å². The second kappa shape index (κ2) is 5.14. The van der Waals surface area contributed by atoms with Crippen molar-refractivity contribution in [3.63, 3.8) is 0 Å². The van der Waals surface area contributed by atoms with Crippen molar-refractivity contribution in [2.45, 2.75) is 50.4 Å². The Balaban J connectivity index is 2.10. The molecule has 2 unspecified atom stereocenters. The van der Waals surface area contributed by atoms with Crippen molar-refractivity contribution >= 4 is 21.6 Å². The summed E-state index contributed by atoms with van der Waals surface area (Å²) in [4.78, 5) is 9.49. The highest BCUT2D eigenvalue weighted by Crippen LogP contribution is 2.40. The van der Waals surface area contributed by atoms with E-state index >= 15 is 0 Å². The van der Waals surface area contributed by atoms with Gasteiger partial charge in [0.25, 0.3) is 0 Å². The van der Waals surface area contributed by atoms with Crippen LogP contribution in [0.3, 0.4) is 0 Å². The maximum Gasteiger partial charge on any atom is 0.393 e. The first-order chi connectivity index (χ1) is 10.2.